The van der Waals surface area contributed by atoms with Gasteiger partial charge in [-0.1, -0.05) is 13.8 Å². The van der Waals surface area contributed by atoms with E-state index >= 15 is 0 Å². The molecule has 5 heteroatoms. The molecule has 1 aliphatic heterocycles. The molecule has 5 nitrogen and oxygen atoms in total. The summed E-state index contributed by atoms with van der Waals surface area (Å²) in [5.41, 5.74) is 0. The van der Waals surface area contributed by atoms with Crippen LogP contribution in [0.15, 0.2) is 0 Å². The van der Waals surface area contributed by atoms with E-state index in [1.807, 2.05) is 0 Å². The van der Waals surface area contributed by atoms with E-state index < -0.39 is 6.10 Å². The van der Waals surface area contributed by atoms with Crippen LogP contribution in [0.2, 0.25) is 0 Å². The lowest BCUT2D eigenvalue weighted by Gasteiger charge is -2.26. The van der Waals surface area contributed by atoms with Gasteiger partial charge >= 0.3 is 0 Å². The average molecular weight is 288 g/mol. The first-order valence-corrected chi connectivity index (χ1v) is 7.88. The number of nitrogens with zero attached hydrogens (tertiary/aromatic N) is 1. The fraction of sp³-hybridized carbons (Fsp3) is 1.00. The number of rotatable bonds is 10. The molecular weight excluding hydrogens is 256 g/mol. The number of hydrogen-bond donors (Lipinski definition) is 2. The molecule has 20 heavy (non-hydrogen) atoms. The Bertz CT molecular complexity index is 233. The smallest absolute Gasteiger partial charge is 0.0897 e. The van der Waals surface area contributed by atoms with E-state index in [1.54, 1.807) is 0 Å². The van der Waals surface area contributed by atoms with Crippen LogP contribution in [0, 0.1) is 5.92 Å². The van der Waals surface area contributed by atoms with Crippen LogP contribution in [0.4, 0.5) is 0 Å². The molecule has 0 aromatic carbocycles. The van der Waals surface area contributed by atoms with Gasteiger partial charge in [0.15, 0.2) is 0 Å². The van der Waals surface area contributed by atoms with Gasteiger partial charge in [-0.2, -0.15) is 0 Å². The Morgan fingerprint density at radius 2 is 1.95 bits per heavy atom. The highest BCUT2D eigenvalue weighted by Crippen LogP contribution is 2.07. The highest BCUT2D eigenvalue weighted by molar-refractivity contribution is 4.65. The van der Waals surface area contributed by atoms with Crippen molar-refractivity contribution in [1.29, 1.82) is 0 Å². The second kappa shape index (κ2) is 10.5. The maximum Gasteiger partial charge on any atom is 0.0897 e. The highest BCUT2D eigenvalue weighted by Gasteiger charge is 2.11. The number of morpholine rings is 1. The van der Waals surface area contributed by atoms with Crippen molar-refractivity contribution in [2.45, 2.75) is 39.4 Å². The van der Waals surface area contributed by atoms with Crippen LogP contribution in [0.3, 0.4) is 0 Å². The summed E-state index contributed by atoms with van der Waals surface area (Å²) < 4.78 is 11.0. The van der Waals surface area contributed by atoms with E-state index in [9.17, 15) is 5.11 Å². The lowest BCUT2D eigenvalue weighted by atomic mass is 10.1. The zero-order valence-electron chi connectivity index (χ0n) is 13.3. The van der Waals surface area contributed by atoms with Gasteiger partial charge in [0, 0.05) is 32.7 Å². The quantitative estimate of drug-likeness (QED) is 0.580. The zero-order chi connectivity index (χ0) is 14.8. The molecule has 0 amide bonds. The maximum atomic E-state index is 9.85. The normalized spacial score (nSPS) is 20.2. The van der Waals surface area contributed by atoms with Gasteiger partial charge in [-0.15, -0.1) is 0 Å². The van der Waals surface area contributed by atoms with Gasteiger partial charge in [-0.25, -0.2) is 0 Å². The third-order valence-electron chi connectivity index (χ3n) is 3.46. The predicted octanol–water partition coefficient (Wildman–Crippen LogP) is 0.720. The zero-order valence-corrected chi connectivity index (χ0v) is 13.3. The fourth-order valence-corrected chi connectivity index (χ4v) is 2.40. The van der Waals surface area contributed by atoms with Crippen LogP contribution in [-0.2, 0) is 9.47 Å². The summed E-state index contributed by atoms with van der Waals surface area (Å²) in [4.78, 5) is 2.38. The van der Waals surface area contributed by atoms with Gasteiger partial charge < -0.3 is 19.9 Å². The summed E-state index contributed by atoms with van der Waals surface area (Å²) >= 11 is 0. The van der Waals surface area contributed by atoms with Gasteiger partial charge in [0.25, 0.3) is 0 Å². The van der Waals surface area contributed by atoms with Crippen LogP contribution in [0.5, 0.6) is 0 Å². The number of aliphatic hydroxyl groups excluding tert-OH is 1. The molecular formula is C15H32N2O3. The van der Waals surface area contributed by atoms with Crippen LogP contribution in [-0.4, -0.2) is 74.8 Å². The van der Waals surface area contributed by atoms with E-state index in [2.05, 4.69) is 31.0 Å². The summed E-state index contributed by atoms with van der Waals surface area (Å²) in [6.07, 6.45) is 0.837. The summed E-state index contributed by atoms with van der Waals surface area (Å²) in [5, 5.41) is 13.1. The van der Waals surface area contributed by atoms with E-state index in [4.69, 9.17) is 9.47 Å². The first-order valence-electron chi connectivity index (χ1n) is 7.88. The van der Waals surface area contributed by atoms with Crippen LogP contribution in [0.25, 0.3) is 0 Å². The SMILES string of the molecule is CC(C)CC(C)OCC(O)CNCCN1CCOCC1. The van der Waals surface area contributed by atoms with Crippen molar-refractivity contribution in [3.8, 4) is 0 Å². The first-order chi connectivity index (χ1) is 9.58. The number of ether oxygens (including phenoxy) is 2. The van der Waals surface area contributed by atoms with Crippen LogP contribution in [0.1, 0.15) is 27.2 Å². The molecule has 1 rings (SSSR count). The Hall–Kier alpha value is -0.200. The van der Waals surface area contributed by atoms with Crippen molar-refractivity contribution in [3.05, 3.63) is 0 Å². The van der Waals surface area contributed by atoms with Gasteiger partial charge in [0.1, 0.15) is 0 Å². The molecule has 0 spiro atoms. The average Bonchev–Trinajstić information content (AvgIpc) is 2.42. The minimum absolute atomic E-state index is 0.220. The lowest BCUT2D eigenvalue weighted by molar-refractivity contribution is -0.00891. The first kappa shape index (κ1) is 17.9. The van der Waals surface area contributed by atoms with E-state index in [-0.39, 0.29) is 6.10 Å². The van der Waals surface area contributed by atoms with Gasteiger partial charge in [0.2, 0.25) is 0 Å². The predicted molar refractivity (Wildman–Crippen MR) is 81.0 cm³/mol. The van der Waals surface area contributed by atoms with Crippen LogP contribution >= 0.6 is 0 Å². The van der Waals surface area contributed by atoms with Crippen molar-refractivity contribution in [2.24, 2.45) is 5.92 Å². The van der Waals surface area contributed by atoms with Gasteiger partial charge in [-0.3, -0.25) is 4.90 Å². The molecule has 1 aliphatic rings. The Morgan fingerprint density at radius 1 is 1.25 bits per heavy atom. The second-order valence-corrected chi connectivity index (χ2v) is 6.09. The third kappa shape index (κ3) is 8.87. The maximum absolute atomic E-state index is 9.85. The van der Waals surface area contributed by atoms with E-state index in [0.717, 1.165) is 45.8 Å². The van der Waals surface area contributed by atoms with Crippen molar-refractivity contribution < 1.29 is 14.6 Å². The Balaban J connectivity index is 1.95. The highest BCUT2D eigenvalue weighted by atomic mass is 16.5. The molecule has 2 unspecified atom stereocenters. The van der Waals surface area contributed by atoms with Crippen molar-refractivity contribution >= 4 is 0 Å². The monoisotopic (exact) mass is 288 g/mol. The number of nitrogens with one attached hydrogen (secondary N) is 1. The van der Waals surface area contributed by atoms with Gasteiger partial charge in [0.05, 0.1) is 32.0 Å². The molecule has 1 heterocycles. The molecule has 0 saturated carbocycles. The summed E-state index contributed by atoms with van der Waals surface area (Å²) in [7, 11) is 0. The topological polar surface area (TPSA) is 54.0 Å². The fourth-order valence-electron chi connectivity index (χ4n) is 2.40. The molecule has 120 valence electrons. The summed E-state index contributed by atoms with van der Waals surface area (Å²) in [6, 6.07) is 0. The molecule has 0 aromatic rings. The summed E-state index contributed by atoms with van der Waals surface area (Å²) in [6.45, 7) is 13.1. The largest absolute Gasteiger partial charge is 0.389 e. The minimum Gasteiger partial charge on any atom is -0.389 e. The number of aliphatic hydroxyl groups is 1. The van der Waals surface area contributed by atoms with E-state index in [1.165, 1.54) is 0 Å². The Kier molecular flexibility index (Phi) is 9.39. The van der Waals surface area contributed by atoms with E-state index in [0.29, 0.717) is 19.1 Å². The van der Waals surface area contributed by atoms with Crippen LogP contribution < -0.4 is 5.32 Å². The molecule has 1 fully saturated rings. The Labute approximate surface area is 123 Å². The molecule has 0 bridgehead atoms. The van der Waals surface area contributed by atoms with Crippen molar-refractivity contribution in [2.75, 3.05) is 52.5 Å². The minimum atomic E-state index is -0.422. The molecule has 0 radical (unpaired) electrons. The molecule has 1 saturated heterocycles. The summed E-state index contributed by atoms with van der Waals surface area (Å²) in [5.74, 6) is 0.633. The van der Waals surface area contributed by atoms with Crippen molar-refractivity contribution in [1.82, 2.24) is 10.2 Å². The Morgan fingerprint density at radius 3 is 2.60 bits per heavy atom. The lowest BCUT2D eigenvalue weighted by Crippen LogP contribution is -2.41. The number of hydrogen-bond acceptors (Lipinski definition) is 5. The molecule has 0 aliphatic carbocycles. The molecule has 0 aromatic heterocycles. The van der Waals surface area contributed by atoms with Gasteiger partial charge in [-0.05, 0) is 19.3 Å². The third-order valence-corrected chi connectivity index (χ3v) is 3.46. The standard InChI is InChI=1S/C15H32N2O3/c1-13(2)10-14(3)20-12-15(18)11-16-4-5-17-6-8-19-9-7-17/h13-16,18H,4-12H2,1-3H3. The molecule has 2 atom stereocenters. The van der Waals surface area contributed by atoms with Crippen molar-refractivity contribution in [3.63, 3.8) is 0 Å². The second-order valence-electron chi connectivity index (χ2n) is 6.09. The molecule has 2 N–H and O–H groups in total.